The van der Waals surface area contributed by atoms with E-state index < -0.39 is 12.0 Å². The third-order valence-electron chi connectivity index (χ3n) is 3.88. The molecule has 1 aromatic carbocycles. The summed E-state index contributed by atoms with van der Waals surface area (Å²) in [6, 6.07) is 8.08. The van der Waals surface area contributed by atoms with Crippen molar-refractivity contribution in [2.24, 2.45) is 7.05 Å². The Morgan fingerprint density at radius 2 is 1.81 bits per heavy atom. The summed E-state index contributed by atoms with van der Waals surface area (Å²) in [6.45, 7) is 0. The van der Waals surface area contributed by atoms with Crippen molar-refractivity contribution in [3.63, 3.8) is 0 Å². The van der Waals surface area contributed by atoms with E-state index in [1.807, 2.05) is 0 Å². The van der Waals surface area contributed by atoms with Crippen molar-refractivity contribution in [2.75, 3.05) is 24.7 Å². The Morgan fingerprint density at radius 3 is 2.48 bits per heavy atom. The van der Waals surface area contributed by atoms with Crippen LogP contribution in [0.4, 0.5) is 16.2 Å². The number of hydrogen-bond acceptors (Lipinski definition) is 4. The first-order chi connectivity index (χ1) is 12.7. The van der Waals surface area contributed by atoms with Gasteiger partial charge in [-0.15, -0.1) is 0 Å². The Labute approximate surface area is 154 Å². The van der Waals surface area contributed by atoms with E-state index in [2.05, 4.69) is 10.6 Å². The van der Waals surface area contributed by atoms with Crippen molar-refractivity contribution in [3.05, 3.63) is 48.0 Å². The lowest BCUT2D eigenvalue weighted by atomic mass is 10.2. The second-order valence-corrected chi connectivity index (χ2v) is 6.17. The summed E-state index contributed by atoms with van der Waals surface area (Å²) in [4.78, 5) is 36.6. The lowest BCUT2D eigenvalue weighted by Crippen LogP contribution is -2.20. The molecule has 3 N–H and O–H groups in total. The quantitative estimate of drug-likeness (QED) is 0.653. The minimum Gasteiger partial charge on any atom is -0.465 e. The van der Waals surface area contributed by atoms with E-state index in [9.17, 15) is 14.4 Å². The van der Waals surface area contributed by atoms with Crippen LogP contribution in [0.15, 0.2) is 40.9 Å². The van der Waals surface area contributed by atoms with E-state index in [0.717, 1.165) is 0 Å². The molecule has 0 unspecified atom stereocenters. The van der Waals surface area contributed by atoms with E-state index in [1.165, 1.54) is 21.7 Å². The van der Waals surface area contributed by atoms with Gasteiger partial charge in [-0.1, -0.05) is 0 Å². The highest BCUT2D eigenvalue weighted by Crippen LogP contribution is 2.24. The highest BCUT2D eigenvalue weighted by molar-refractivity contribution is 6.05. The van der Waals surface area contributed by atoms with Crippen LogP contribution in [0.3, 0.4) is 0 Å². The number of benzene rings is 1. The molecular formula is C18H18N4O5. The third-order valence-corrected chi connectivity index (χ3v) is 3.88. The molecule has 0 spiro atoms. The maximum absolute atomic E-state index is 12.5. The first-order valence-corrected chi connectivity index (χ1v) is 7.97. The largest absolute Gasteiger partial charge is 0.465 e. The number of fused-ring (bicyclic) bond motifs is 1. The van der Waals surface area contributed by atoms with E-state index in [0.29, 0.717) is 22.3 Å². The van der Waals surface area contributed by atoms with Gasteiger partial charge < -0.3 is 24.3 Å². The zero-order chi connectivity index (χ0) is 19.7. The normalized spacial score (nSPS) is 10.6. The molecule has 9 nitrogen and oxygen atoms in total. The first kappa shape index (κ1) is 18.1. The summed E-state index contributed by atoms with van der Waals surface area (Å²) in [7, 11) is 4.91. The molecule has 0 bridgehead atoms. The Hall–Kier alpha value is -3.75. The number of carbonyl (C=O) groups is 3. The Morgan fingerprint density at radius 1 is 1.07 bits per heavy atom. The summed E-state index contributed by atoms with van der Waals surface area (Å²) in [6.07, 6.45) is 0.294. The molecule has 0 aliphatic heterocycles. The molecule has 0 atom stereocenters. The van der Waals surface area contributed by atoms with Crippen molar-refractivity contribution in [1.29, 1.82) is 0 Å². The number of carbonyl (C=O) groups excluding carboxylic acids is 2. The molecule has 0 saturated carbocycles. The molecular weight excluding hydrogens is 352 g/mol. The number of aromatic nitrogens is 1. The van der Waals surface area contributed by atoms with Gasteiger partial charge in [0, 0.05) is 38.4 Å². The van der Waals surface area contributed by atoms with Crippen LogP contribution >= 0.6 is 0 Å². The summed E-state index contributed by atoms with van der Waals surface area (Å²) in [5.74, 6) is -0.437. The molecule has 0 fully saturated rings. The highest BCUT2D eigenvalue weighted by atomic mass is 16.4. The minimum atomic E-state index is -1.21. The smallest absolute Gasteiger partial charge is 0.409 e. The number of amides is 3. The fourth-order valence-electron chi connectivity index (χ4n) is 2.62. The van der Waals surface area contributed by atoms with Crippen molar-refractivity contribution < 1.29 is 23.9 Å². The zero-order valence-corrected chi connectivity index (χ0v) is 14.9. The standard InChI is InChI=1S/C18H18N4O5/c1-21(2)17(24)15-7-10-6-11(4-5-14(10)27-15)19-16(23)13-8-12(9-22(13)3)20-18(25)26/h4-9,20H,1-3H3,(H,19,23)(H,25,26). The molecule has 9 heteroatoms. The van der Waals surface area contributed by atoms with Gasteiger partial charge in [0.15, 0.2) is 5.76 Å². The van der Waals surface area contributed by atoms with Crippen LogP contribution in [0.5, 0.6) is 0 Å². The van der Waals surface area contributed by atoms with Gasteiger partial charge in [0.05, 0.1) is 5.69 Å². The van der Waals surface area contributed by atoms with Crippen molar-refractivity contribution in [1.82, 2.24) is 9.47 Å². The number of hydrogen-bond donors (Lipinski definition) is 3. The van der Waals surface area contributed by atoms with Crippen molar-refractivity contribution >= 4 is 40.3 Å². The SMILES string of the molecule is CN(C)C(=O)c1cc2cc(NC(=O)c3cc(NC(=O)O)cn3C)ccc2o1. The van der Waals surface area contributed by atoms with Crippen LogP contribution in [0.25, 0.3) is 11.0 Å². The molecule has 0 aliphatic carbocycles. The highest BCUT2D eigenvalue weighted by Gasteiger charge is 2.16. The Bertz CT molecular complexity index is 1050. The lowest BCUT2D eigenvalue weighted by Gasteiger charge is -2.06. The van der Waals surface area contributed by atoms with E-state index in [4.69, 9.17) is 9.52 Å². The van der Waals surface area contributed by atoms with Gasteiger partial charge >= 0.3 is 6.09 Å². The predicted octanol–water partition coefficient (Wildman–Crippen LogP) is 2.82. The van der Waals surface area contributed by atoms with E-state index in [1.54, 1.807) is 45.4 Å². The van der Waals surface area contributed by atoms with E-state index >= 15 is 0 Å². The van der Waals surface area contributed by atoms with Crippen LogP contribution in [-0.4, -0.2) is 46.6 Å². The molecule has 140 valence electrons. The molecule has 0 radical (unpaired) electrons. The van der Waals surface area contributed by atoms with Gasteiger partial charge in [0.25, 0.3) is 11.8 Å². The molecule has 2 heterocycles. The van der Waals surface area contributed by atoms with Crippen LogP contribution < -0.4 is 10.6 Å². The Balaban J connectivity index is 1.82. The maximum Gasteiger partial charge on any atom is 0.409 e. The number of anilines is 2. The fraction of sp³-hybridized carbons (Fsp3) is 0.167. The van der Waals surface area contributed by atoms with Crippen LogP contribution in [0.1, 0.15) is 21.0 Å². The van der Waals surface area contributed by atoms with Crippen LogP contribution in [-0.2, 0) is 7.05 Å². The first-order valence-electron chi connectivity index (χ1n) is 7.97. The zero-order valence-electron chi connectivity index (χ0n) is 14.9. The van der Waals surface area contributed by atoms with Crippen molar-refractivity contribution in [3.8, 4) is 0 Å². The number of carboxylic acid groups (broad SMARTS) is 1. The molecule has 0 aliphatic rings. The fourth-order valence-corrected chi connectivity index (χ4v) is 2.62. The molecule has 0 saturated heterocycles. The summed E-state index contributed by atoms with van der Waals surface area (Å²) in [5, 5.41) is 14.4. The molecule has 3 aromatic rings. The number of rotatable bonds is 4. The van der Waals surface area contributed by atoms with Gasteiger partial charge in [-0.3, -0.25) is 14.9 Å². The van der Waals surface area contributed by atoms with Crippen LogP contribution in [0.2, 0.25) is 0 Å². The summed E-state index contributed by atoms with van der Waals surface area (Å²) >= 11 is 0. The summed E-state index contributed by atoms with van der Waals surface area (Å²) < 4.78 is 7.04. The third kappa shape index (κ3) is 3.76. The van der Waals surface area contributed by atoms with Gasteiger partial charge in [-0.05, 0) is 30.3 Å². The van der Waals surface area contributed by atoms with Gasteiger partial charge in [-0.2, -0.15) is 0 Å². The number of furan rings is 1. The average molecular weight is 370 g/mol. The molecule has 3 amide bonds. The molecule has 3 rings (SSSR count). The lowest BCUT2D eigenvalue weighted by molar-refractivity contribution is 0.0799. The second-order valence-electron chi connectivity index (χ2n) is 6.17. The average Bonchev–Trinajstić information content (AvgIpc) is 3.16. The van der Waals surface area contributed by atoms with E-state index in [-0.39, 0.29) is 17.4 Å². The van der Waals surface area contributed by atoms with Crippen LogP contribution in [0, 0.1) is 0 Å². The number of nitrogens with zero attached hydrogens (tertiary/aromatic N) is 2. The second kappa shape index (κ2) is 6.87. The molecule has 2 aromatic heterocycles. The van der Waals surface area contributed by atoms with Gasteiger partial charge in [-0.25, -0.2) is 4.79 Å². The minimum absolute atomic E-state index is 0.213. The maximum atomic E-state index is 12.5. The van der Waals surface area contributed by atoms with Gasteiger partial charge in [0.2, 0.25) is 0 Å². The van der Waals surface area contributed by atoms with Gasteiger partial charge in [0.1, 0.15) is 11.3 Å². The topological polar surface area (TPSA) is 117 Å². The number of nitrogens with one attached hydrogen (secondary N) is 2. The Kier molecular flexibility index (Phi) is 4.59. The van der Waals surface area contributed by atoms with Crippen molar-refractivity contribution in [2.45, 2.75) is 0 Å². The number of aryl methyl sites for hydroxylation is 1. The monoisotopic (exact) mass is 370 g/mol. The predicted molar refractivity (Wildman–Crippen MR) is 99.2 cm³/mol. The molecule has 27 heavy (non-hydrogen) atoms. The summed E-state index contributed by atoms with van der Waals surface area (Å²) in [5.41, 5.74) is 1.64.